The molecule has 4 atom stereocenters. The van der Waals surface area contributed by atoms with Crippen molar-refractivity contribution in [3.63, 3.8) is 0 Å². The van der Waals surface area contributed by atoms with E-state index in [-0.39, 0.29) is 16.4 Å². The number of ether oxygens (including phenoxy) is 1. The summed E-state index contributed by atoms with van der Waals surface area (Å²) in [6, 6.07) is 18.0. The predicted octanol–water partition coefficient (Wildman–Crippen LogP) is 4.73. The van der Waals surface area contributed by atoms with Crippen molar-refractivity contribution in [2.45, 2.75) is 61.5 Å². The van der Waals surface area contributed by atoms with E-state index in [0.717, 1.165) is 11.1 Å². The Morgan fingerprint density at radius 3 is 1.81 bits per heavy atom. The van der Waals surface area contributed by atoms with Gasteiger partial charge in [-0.1, -0.05) is 73.5 Å². The van der Waals surface area contributed by atoms with Crippen molar-refractivity contribution in [3.05, 3.63) is 101 Å². The van der Waals surface area contributed by atoms with E-state index in [1.165, 1.54) is 61.9 Å². The molecule has 0 bridgehead atoms. The summed E-state index contributed by atoms with van der Waals surface area (Å²) in [5.74, 6) is -3.97. The highest BCUT2D eigenvalue weighted by Crippen LogP contribution is 2.40. The highest BCUT2D eigenvalue weighted by molar-refractivity contribution is 7.96. The van der Waals surface area contributed by atoms with Gasteiger partial charge < -0.3 is 4.74 Å². The Morgan fingerprint density at radius 2 is 1.34 bits per heavy atom. The van der Waals surface area contributed by atoms with Gasteiger partial charge in [0.1, 0.15) is 6.04 Å². The summed E-state index contributed by atoms with van der Waals surface area (Å²) in [7, 11) is -11.3. The average Bonchev–Trinajstić information content (AvgIpc) is 3.36. The Balaban J connectivity index is 2.01. The van der Waals surface area contributed by atoms with Gasteiger partial charge in [-0.3, -0.25) is 4.79 Å². The SMILES string of the molecule is CCOC(=O)[C@H]1N(S(=O)(=O)c2ccc(C)cc2)C(=O)[C@H]([C@@H](/C=C/S(=O)(=NC)c2ccccc2)C(C)C)N1S(=O)(=O)c1ccc(C)cc1. The first kappa shape index (κ1) is 36.0. The van der Waals surface area contributed by atoms with Gasteiger partial charge in [-0.15, -0.1) is 0 Å². The second-order valence-electron chi connectivity index (χ2n) is 11.4. The number of rotatable bonds is 11. The Morgan fingerprint density at radius 1 is 0.830 bits per heavy atom. The monoisotopic (exact) mass is 701 g/mol. The molecule has 3 aromatic rings. The van der Waals surface area contributed by atoms with Crippen molar-refractivity contribution in [1.29, 1.82) is 0 Å². The average molecular weight is 702 g/mol. The summed E-state index contributed by atoms with van der Waals surface area (Å²) < 4.78 is 81.7. The van der Waals surface area contributed by atoms with Crippen LogP contribution in [0.25, 0.3) is 0 Å². The number of nitrogens with zero attached hydrogens (tertiary/aromatic N) is 3. The van der Waals surface area contributed by atoms with Crippen LogP contribution in [0.1, 0.15) is 31.9 Å². The summed E-state index contributed by atoms with van der Waals surface area (Å²) in [6.07, 6.45) is -0.772. The van der Waals surface area contributed by atoms with E-state index in [1.807, 2.05) is 0 Å². The zero-order valence-electron chi connectivity index (χ0n) is 27.0. The summed E-state index contributed by atoms with van der Waals surface area (Å²) in [5, 5.41) is 1.31. The molecule has 0 N–H and O–H groups in total. The van der Waals surface area contributed by atoms with Crippen molar-refractivity contribution in [1.82, 2.24) is 8.61 Å². The van der Waals surface area contributed by atoms with Gasteiger partial charge in [-0.2, -0.15) is 4.31 Å². The quantitative estimate of drug-likeness (QED) is 0.261. The molecule has 0 radical (unpaired) electrons. The minimum atomic E-state index is -4.80. The number of hydrogen-bond acceptors (Lipinski definition) is 9. The number of esters is 1. The summed E-state index contributed by atoms with van der Waals surface area (Å²) in [6.45, 7) is 8.21. The molecule has 1 saturated heterocycles. The van der Waals surface area contributed by atoms with E-state index in [1.54, 1.807) is 70.2 Å². The van der Waals surface area contributed by atoms with Crippen molar-refractivity contribution in [2.75, 3.05) is 13.7 Å². The van der Waals surface area contributed by atoms with Gasteiger partial charge in [0.2, 0.25) is 16.2 Å². The zero-order valence-corrected chi connectivity index (χ0v) is 29.5. The normalized spacial score (nSPS) is 19.6. The largest absolute Gasteiger partial charge is 0.463 e. The van der Waals surface area contributed by atoms with Gasteiger partial charge >= 0.3 is 5.97 Å². The molecule has 47 heavy (non-hydrogen) atoms. The van der Waals surface area contributed by atoms with E-state index in [4.69, 9.17) is 4.74 Å². The van der Waals surface area contributed by atoms with Gasteiger partial charge in [-0.05, 0) is 63.1 Å². The van der Waals surface area contributed by atoms with Gasteiger partial charge in [0.05, 0.1) is 31.0 Å². The van der Waals surface area contributed by atoms with Gasteiger partial charge in [0.25, 0.3) is 15.9 Å². The Bertz CT molecular complexity index is 1990. The summed E-state index contributed by atoms with van der Waals surface area (Å²) in [4.78, 5) is 28.1. The van der Waals surface area contributed by atoms with Crippen LogP contribution in [0.3, 0.4) is 0 Å². The Hall–Kier alpha value is -3.85. The fourth-order valence-corrected chi connectivity index (χ4v) is 9.99. The van der Waals surface area contributed by atoms with Crippen LogP contribution in [0.15, 0.2) is 109 Å². The van der Waals surface area contributed by atoms with E-state index in [9.17, 15) is 30.6 Å². The van der Waals surface area contributed by atoms with Crippen molar-refractivity contribution in [2.24, 2.45) is 16.2 Å². The van der Waals surface area contributed by atoms with Crippen LogP contribution in [0, 0.1) is 25.7 Å². The molecule has 0 aromatic heterocycles. The number of carbonyl (C=O) groups is 2. The molecule has 1 heterocycles. The molecule has 1 amide bonds. The highest BCUT2D eigenvalue weighted by Gasteiger charge is 2.62. The number of amides is 1. The van der Waals surface area contributed by atoms with Gasteiger partial charge in [0, 0.05) is 18.4 Å². The molecule has 1 aliphatic rings. The fraction of sp³-hybridized carbons (Fsp3) is 0.333. The molecule has 11 nitrogen and oxygen atoms in total. The van der Waals surface area contributed by atoms with Crippen LogP contribution < -0.4 is 0 Å². The zero-order chi connectivity index (χ0) is 34.7. The van der Waals surface area contributed by atoms with Gasteiger partial charge in [0.15, 0.2) is 0 Å². The van der Waals surface area contributed by atoms with Gasteiger partial charge in [-0.25, -0.2) is 34.5 Å². The van der Waals surface area contributed by atoms with Crippen LogP contribution in [0.4, 0.5) is 0 Å². The first-order valence-electron chi connectivity index (χ1n) is 14.9. The lowest BCUT2D eigenvalue weighted by Gasteiger charge is -2.31. The van der Waals surface area contributed by atoms with E-state index >= 15 is 0 Å². The Labute approximate surface area is 277 Å². The molecule has 4 rings (SSSR count). The van der Waals surface area contributed by atoms with Crippen LogP contribution in [0.2, 0.25) is 0 Å². The van der Waals surface area contributed by atoms with Crippen LogP contribution in [-0.4, -0.2) is 67.4 Å². The molecular weight excluding hydrogens is 663 g/mol. The first-order chi connectivity index (χ1) is 22.1. The fourth-order valence-electron chi connectivity index (χ4n) is 5.30. The predicted molar refractivity (Wildman–Crippen MR) is 178 cm³/mol. The molecule has 14 heteroatoms. The maximum atomic E-state index is 14.6. The molecule has 0 saturated carbocycles. The summed E-state index contributed by atoms with van der Waals surface area (Å²) >= 11 is 0. The Kier molecular flexibility index (Phi) is 10.8. The van der Waals surface area contributed by atoms with Crippen molar-refractivity contribution >= 4 is 41.7 Å². The highest BCUT2D eigenvalue weighted by atomic mass is 32.2. The van der Waals surface area contributed by atoms with E-state index in [0.29, 0.717) is 13.5 Å². The van der Waals surface area contributed by atoms with Crippen LogP contribution >= 0.6 is 0 Å². The lowest BCUT2D eigenvalue weighted by molar-refractivity contribution is -0.151. The van der Waals surface area contributed by atoms with Crippen molar-refractivity contribution in [3.8, 4) is 0 Å². The lowest BCUT2D eigenvalue weighted by Crippen LogP contribution is -2.52. The van der Waals surface area contributed by atoms with Crippen LogP contribution in [0.5, 0.6) is 0 Å². The smallest absolute Gasteiger partial charge is 0.346 e. The third kappa shape index (κ3) is 7.05. The number of sulfonamides is 2. The number of benzene rings is 3. The molecule has 0 spiro atoms. The summed E-state index contributed by atoms with van der Waals surface area (Å²) in [5.41, 5.74) is 1.50. The minimum Gasteiger partial charge on any atom is -0.463 e. The molecule has 1 unspecified atom stereocenters. The number of carbonyl (C=O) groups excluding carboxylic acids is 2. The third-order valence-electron chi connectivity index (χ3n) is 7.85. The molecular formula is C33H39N3O8S3. The number of aryl methyl sites for hydroxylation is 2. The molecule has 1 aliphatic heterocycles. The lowest BCUT2D eigenvalue weighted by atomic mass is 9.88. The minimum absolute atomic E-state index is 0.213. The van der Waals surface area contributed by atoms with Crippen molar-refractivity contribution < 1.29 is 35.4 Å². The van der Waals surface area contributed by atoms with E-state index < -0.39 is 65.7 Å². The standard InChI is InChI=1S/C33H39N3O8S3/c1-7-44-33(38)31-35(46(40,41)27-17-13-24(4)14-18-27)30(32(37)36(31)47(42,43)28-19-15-25(5)16-20-28)29(23(2)3)21-22-45(39,34-6)26-11-9-8-10-12-26/h8-23,29-31H,7H2,1-6H3/b22-21+/t29-,30-,31+,45?/m0/s1. The second-order valence-corrected chi connectivity index (χ2v) is 17.3. The second kappa shape index (κ2) is 14.1. The first-order valence-corrected chi connectivity index (χ1v) is 19.4. The molecule has 252 valence electrons. The molecule has 3 aromatic carbocycles. The number of hydrogen-bond donors (Lipinski definition) is 0. The third-order valence-corrected chi connectivity index (χ3v) is 13.5. The molecule has 1 fully saturated rings. The maximum absolute atomic E-state index is 14.6. The maximum Gasteiger partial charge on any atom is 0.346 e. The van der Waals surface area contributed by atoms with E-state index in [2.05, 4.69) is 4.36 Å². The van der Waals surface area contributed by atoms with Crippen LogP contribution in [-0.2, 0) is 44.1 Å². The molecule has 0 aliphatic carbocycles. The topological polar surface area (TPSA) is 148 Å².